The highest BCUT2D eigenvalue weighted by atomic mass is 16.5. The molecule has 1 amide bonds. The van der Waals surface area contributed by atoms with Crippen LogP contribution in [-0.2, 0) is 11.3 Å². The molecular weight excluding hydrogens is 244 g/mol. The van der Waals surface area contributed by atoms with Crippen LogP contribution in [0.5, 0.6) is 5.75 Å². The van der Waals surface area contributed by atoms with Gasteiger partial charge in [0, 0.05) is 31.4 Å². The van der Waals surface area contributed by atoms with E-state index in [0.717, 1.165) is 0 Å². The van der Waals surface area contributed by atoms with Crippen LogP contribution in [-0.4, -0.2) is 22.8 Å². The third kappa shape index (κ3) is 3.48. The maximum absolute atomic E-state index is 11.8. The second-order valence-electron chi connectivity index (χ2n) is 4.02. The fraction of sp³-hybridized carbons (Fsp3) is 0.231. The zero-order chi connectivity index (χ0) is 13.7. The lowest BCUT2D eigenvalue weighted by Crippen LogP contribution is -2.15. The first-order chi connectivity index (χ1) is 9.19. The van der Waals surface area contributed by atoms with Crippen LogP contribution < -0.4 is 15.8 Å². The maximum atomic E-state index is 11.8. The fourth-order valence-electron chi connectivity index (χ4n) is 1.64. The molecule has 0 spiro atoms. The Labute approximate surface area is 111 Å². The van der Waals surface area contributed by atoms with Crippen LogP contribution in [0, 0.1) is 0 Å². The Balaban J connectivity index is 1.91. The predicted molar refractivity (Wildman–Crippen MR) is 72.9 cm³/mol. The van der Waals surface area contributed by atoms with Crippen LogP contribution in [0.25, 0.3) is 0 Å². The molecule has 100 valence electrons. The molecule has 6 nitrogen and oxygen atoms in total. The minimum atomic E-state index is -0.104. The average molecular weight is 260 g/mol. The van der Waals surface area contributed by atoms with Gasteiger partial charge >= 0.3 is 0 Å². The van der Waals surface area contributed by atoms with E-state index in [-0.39, 0.29) is 5.91 Å². The molecule has 0 saturated carbocycles. The number of hydrogen-bond donors (Lipinski definition) is 2. The van der Waals surface area contributed by atoms with Gasteiger partial charge in [0.15, 0.2) is 0 Å². The monoisotopic (exact) mass is 260 g/mol. The summed E-state index contributed by atoms with van der Waals surface area (Å²) in [6, 6.07) is 6.96. The molecular formula is C13H16N4O2. The highest BCUT2D eigenvalue weighted by molar-refractivity contribution is 5.93. The molecule has 0 atom stereocenters. The van der Waals surface area contributed by atoms with Crippen molar-refractivity contribution in [1.29, 1.82) is 0 Å². The van der Waals surface area contributed by atoms with Gasteiger partial charge in [-0.15, -0.1) is 0 Å². The highest BCUT2D eigenvalue weighted by Crippen LogP contribution is 2.24. The zero-order valence-electron chi connectivity index (χ0n) is 10.7. The lowest BCUT2D eigenvalue weighted by atomic mass is 10.2. The number of carbonyl (C=O) groups excluding carboxylic acids is 1. The van der Waals surface area contributed by atoms with E-state index in [4.69, 9.17) is 10.5 Å². The number of carbonyl (C=O) groups is 1. The van der Waals surface area contributed by atoms with Crippen molar-refractivity contribution in [3.05, 3.63) is 36.7 Å². The Hall–Kier alpha value is -2.50. The van der Waals surface area contributed by atoms with Gasteiger partial charge in [-0.3, -0.25) is 9.48 Å². The molecule has 19 heavy (non-hydrogen) atoms. The summed E-state index contributed by atoms with van der Waals surface area (Å²) >= 11 is 0. The van der Waals surface area contributed by atoms with Gasteiger partial charge in [0.2, 0.25) is 5.91 Å². The summed E-state index contributed by atoms with van der Waals surface area (Å²) in [5.41, 5.74) is 6.89. The molecule has 0 aliphatic carbocycles. The van der Waals surface area contributed by atoms with E-state index in [1.54, 1.807) is 36.2 Å². The van der Waals surface area contributed by atoms with E-state index in [1.807, 2.05) is 12.3 Å². The number of anilines is 2. The average Bonchev–Trinajstić information content (AvgIpc) is 2.92. The molecule has 0 bridgehead atoms. The minimum Gasteiger partial charge on any atom is -0.497 e. The number of ether oxygens (including phenoxy) is 1. The highest BCUT2D eigenvalue weighted by Gasteiger charge is 2.06. The first-order valence-corrected chi connectivity index (χ1v) is 5.90. The molecule has 1 aromatic carbocycles. The Bertz CT molecular complexity index is 552. The minimum absolute atomic E-state index is 0.104. The topological polar surface area (TPSA) is 82.2 Å². The van der Waals surface area contributed by atoms with Crippen molar-refractivity contribution in [2.75, 3.05) is 18.2 Å². The number of benzene rings is 1. The third-order valence-corrected chi connectivity index (χ3v) is 2.66. The summed E-state index contributed by atoms with van der Waals surface area (Å²) in [4.78, 5) is 11.8. The number of aryl methyl sites for hydroxylation is 1. The van der Waals surface area contributed by atoms with Crippen molar-refractivity contribution in [2.45, 2.75) is 13.0 Å². The van der Waals surface area contributed by atoms with Crippen molar-refractivity contribution in [2.24, 2.45) is 0 Å². The smallest absolute Gasteiger partial charge is 0.226 e. The fourth-order valence-corrected chi connectivity index (χ4v) is 1.64. The second kappa shape index (κ2) is 5.90. The molecule has 6 heteroatoms. The maximum Gasteiger partial charge on any atom is 0.226 e. The van der Waals surface area contributed by atoms with Crippen LogP contribution in [0.4, 0.5) is 11.4 Å². The van der Waals surface area contributed by atoms with E-state index >= 15 is 0 Å². The summed E-state index contributed by atoms with van der Waals surface area (Å²) in [5.74, 6) is 0.555. The van der Waals surface area contributed by atoms with Gasteiger partial charge in [-0.1, -0.05) is 0 Å². The van der Waals surface area contributed by atoms with Crippen LogP contribution >= 0.6 is 0 Å². The first-order valence-electron chi connectivity index (χ1n) is 5.90. The lowest BCUT2D eigenvalue weighted by Gasteiger charge is -2.09. The molecule has 0 saturated heterocycles. The number of amides is 1. The normalized spacial score (nSPS) is 10.2. The van der Waals surface area contributed by atoms with Crippen molar-refractivity contribution in [3.63, 3.8) is 0 Å². The summed E-state index contributed by atoms with van der Waals surface area (Å²) in [6.45, 7) is 0.537. The molecule has 3 N–H and O–H groups in total. The Morgan fingerprint density at radius 1 is 1.53 bits per heavy atom. The Kier molecular flexibility index (Phi) is 4.02. The molecule has 1 heterocycles. The van der Waals surface area contributed by atoms with E-state index < -0.39 is 0 Å². The largest absolute Gasteiger partial charge is 0.497 e. The van der Waals surface area contributed by atoms with Crippen molar-refractivity contribution in [3.8, 4) is 5.75 Å². The lowest BCUT2D eigenvalue weighted by molar-refractivity contribution is -0.116. The molecule has 0 radical (unpaired) electrons. The van der Waals surface area contributed by atoms with Gasteiger partial charge in [0.25, 0.3) is 0 Å². The summed E-state index contributed by atoms with van der Waals surface area (Å²) < 4.78 is 6.75. The van der Waals surface area contributed by atoms with Crippen molar-refractivity contribution < 1.29 is 9.53 Å². The second-order valence-corrected chi connectivity index (χ2v) is 4.02. The molecule has 2 aromatic rings. The molecule has 1 aromatic heterocycles. The summed E-state index contributed by atoms with van der Waals surface area (Å²) in [6.07, 6.45) is 3.83. The van der Waals surface area contributed by atoms with Gasteiger partial charge < -0.3 is 15.8 Å². The number of nitrogens with one attached hydrogen (secondary N) is 1. The molecule has 0 aliphatic rings. The van der Waals surface area contributed by atoms with Gasteiger partial charge in [-0.25, -0.2) is 0 Å². The van der Waals surface area contributed by atoms with Crippen molar-refractivity contribution in [1.82, 2.24) is 9.78 Å². The predicted octanol–water partition coefficient (Wildman–Crippen LogP) is 1.50. The van der Waals surface area contributed by atoms with Gasteiger partial charge in [0.1, 0.15) is 5.75 Å². The molecule has 0 fully saturated rings. The first kappa shape index (κ1) is 12.9. The quantitative estimate of drug-likeness (QED) is 0.798. The van der Waals surface area contributed by atoms with Crippen LogP contribution in [0.2, 0.25) is 0 Å². The van der Waals surface area contributed by atoms with E-state index in [2.05, 4.69) is 10.4 Å². The van der Waals surface area contributed by atoms with E-state index in [9.17, 15) is 4.79 Å². The third-order valence-electron chi connectivity index (χ3n) is 2.66. The summed E-state index contributed by atoms with van der Waals surface area (Å²) in [7, 11) is 1.57. The van der Waals surface area contributed by atoms with Crippen LogP contribution in [0.1, 0.15) is 6.42 Å². The van der Waals surface area contributed by atoms with Gasteiger partial charge in [-0.05, 0) is 18.2 Å². The number of nitrogen functional groups attached to an aromatic ring is 1. The number of nitrogens with zero attached hydrogens (tertiary/aromatic N) is 2. The number of nitrogens with two attached hydrogens (primary N) is 1. The Morgan fingerprint density at radius 3 is 3.00 bits per heavy atom. The molecule has 2 rings (SSSR count). The van der Waals surface area contributed by atoms with Gasteiger partial charge in [-0.2, -0.15) is 5.10 Å². The van der Waals surface area contributed by atoms with Crippen LogP contribution in [0.3, 0.4) is 0 Å². The summed E-state index contributed by atoms with van der Waals surface area (Å²) in [5, 5.41) is 6.79. The number of hydrogen-bond acceptors (Lipinski definition) is 4. The molecule has 0 unspecified atom stereocenters. The number of methoxy groups -OCH3 is 1. The SMILES string of the molecule is COc1ccc(NC(=O)CCn2cccn2)c(N)c1. The molecule has 0 aliphatic heterocycles. The van der Waals surface area contributed by atoms with Gasteiger partial charge in [0.05, 0.1) is 18.5 Å². The standard InChI is InChI=1S/C13H16N4O2/c1-19-10-3-4-12(11(14)9-10)16-13(18)5-8-17-7-2-6-15-17/h2-4,6-7,9H,5,8,14H2,1H3,(H,16,18). The van der Waals surface area contributed by atoms with Crippen LogP contribution in [0.15, 0.2) is 36.7 Å². The number of aromatic nitrogens is 2. The Morgan fingerprint density at radius 2 is 2.37 bits per heavy atom. The van der Waals surface area contributed by atoms with E-state index in [1.165, 1.54) is 0 Å². The number of rotatable bonds is 5. The van der Waals surface area contributed by atoms with Crippen molar-refractivity contribution >= 4 is 17.3 Å². The van der Waals surface area contributed by atoms with E-state index in [0.29, 0.717) is 30.1 Å². The zero-order valence-corrected chi connectivity index (χ0v) is 10.7.